The average molecular weight is 596 g/mol. The van der Waals surface area contributed by atoms with Crippen LogP contribution >= 0.6 is 23.2 Å². The van der Waals surface area contributed by atoms with Crippen molar-refractivity contribution < 1.29 is 17.5 Å². The van der Waals surface area contributed by atoms with Gasteiger partial charge in [-0.3, -0.25) is 10.4 Å². The van der Waals surface area contributed by atoms with Gasteiger partial charge >= 0.3 is 0 Å². The molecular formula is C26H29Cl2FN6O3S. The highest BCUT2D eigenvalue weighted by atomic mass is 35.5. The minimum absolute atomic E-state index is 0.0272. The molecule has 0 saturated carbocycles. The van der Waals surface area contributed by atoms with Crippen molar-refractivity contribution >= 4 is 50.4 Å². The predicted octanol–water partition coefficient (Wildman–Crippen LogP) is 4.76. The Morgan fingerprint density at radius 1 is 1.13 bits per heavy atom. The molecule has 208 valence electrons. The fraction of sp³-hybridized carbons (Fsp3) is 0.346. The second-order valence-corrected chi connectivity index (χ2v) is 12.2. The summed E-state index contributed by atoms with van der Waals surface area (Å²) in [5, 5.41) is 9.53. The molecule has 3 N–H and O–H groups in total. The van der Waals surface area contributed by atoms with E-state index in [9.17, 15) is 8.42 Å². The average Bonchev–Trinajstić information content (AvgIpc) is 2.87. The van der Waals surface area contributed by atoms with Crippen molar-refractivity contribution in [3.63, 3.8) is 0 Å². The van der Waals surface area contributed by atoms with Crippen molar-refractivity contribution in [3.8, 4) is 5.75 Å². The second kappa shape index (κ2) is 11.2. The van der Waals surface area contributed by atoms with Crippen LogP contribution in [0.1, 0.15) is 41.0 Å². The molecule has 1 saturated heterocycles. The van der Waals surface area contributed by atoms with Crippen LogP contribution in [-0.2, 0) is 10.0 Å². The van der Waals surface area contributed by atoms with Gasteiger partial charge in [-0.15, -0.1) is 0 Å². The summed E-state index contributed by atoms with van der Waals surface area (Å²) in [5.74, 6) is -0.0409. The van der Waals surface area contributed by atoms with Crippen LogP contribution in [0.25, 0.3) is 0 Å². The lowest BCUT2D eigenvalue weighted by molar-refractivity contribution is 0.225. The van der Waals surface area contributed by atoms with Crippen LogP contribution < -0.4 is 15.4 Å². The highest BCUT2D eigenvalue weighted by molar-refractivity contribution is 7.88. The minimum atomic E-state index is -3.30. The predicted molar refractivity (Wildman–Crippen MR) is 152 cm³/mol. The van der Waals surface area contributed by atoms with E-state index in [1.54, 1.807) is 30.9 Å². The summed E-state index contributed by atoms with van der Waals surface area (Å²) >= 11 is 12.8. The van der Waals surface area contributed by atoms with Crippen LogP contribution in [0.15, 0.2) is 30.6 Å². The quantitative estimate of drug-likeness (QED) is 0.298. The van der Waals surface area contributed by atoms with Crippen molar-refractivity contribution in [2.24, 2.45) is 0 Å². The first kappa shape index (κ1) is 29.0. The van der Waals surface area contributed by atoms with Gasteiger partial charge in [0.25, 0.3) is 0 Å². The van der Waals surface area contributed by atoms with E-state index < -0.39 is 21.9 Å². The summed E-state index contributed by atoms with van der Waals surface area (Å²) in [6, 6.07) is 4.55. The maximum atomic E-state index is 15.1. The molecule has 39 heavy (non-hydrogen) atoms. The molecule has 9 nitrogen and oxygen atoms in total. The summed E-state index contributed by atoms with van der Waals surface area (Å²) in [4.78, 5) is 10.1. The summed E-state index contributed by atoms with van der Waals surface area (Å²) < 4.78 is 46.2. The topological polar surface area (TPSA) is 126 Å². The van der Waals surface area contributed by atoms with Gasteiger partial charge in [-0.2, -0.15) is 4.31 Å². The summed E-state index contributed by atoms with van der Waals surface area (Å²) in [6.07, 6.45) is 3.55. The third-order valence-corrected chi connectivity index (χ3v) is 8.71. The van der Waals surface area contributed by atoms with Crippen molar-refractivity contribution in [1.29, 1.82) is 5.41 Å². The largest absolute Gasteiger partial charge is 0.486 e. The van der Waals surface area contributed by atoms with Crippen LogP contribution in [0, 0.1) is 25.1 Å². The molecule has 0 amide bonds. The van der Waals surface area contributed by atoms with Gasteiger partial charge in [0.2, 0.25) is 10.0 Å². The lowest BCUT2D eigenvalue weighted by Gasteiger charge is -2.34. The number of pyridine rings is 2. The SMILES string of the molecule is Cc1cc(N)c(C(=N)c2cnc(N3CCN(S(C)(=O)=O)CC3)c(F)c2)cc1O[C@H](C)c1c(Cl)cnc(C)c1Cl. The van der Waals surface area contributed by atoms with Gasteiger partial charge < -0.3 is 15.4 Å². The third kappa shape index (κ3) is 6.11. The molecular weight excluding hydrogens is 566 g/mol. The van der Waals surface area contributed by atoms with Crippen molar-refractivity contribution in [2.45, 2.75) is 26.9 Å². The summed E-state index contributed by atoms with van der Waals surface area (Å²) in [5.41, 5.74) is 9.09. The molecule has 0 bridgehead atoms. The van der Waals surface area contributed by atoms with E-state index in [-0.39, 0.29) is 30.2 Å². The van der Waals surface area contributed by atoms with Gasteiger partial charge in [-0.1, -0.05) is 23.2 Å². The Bertz CT molecular complexity index is 1550. The van der Waals surface area contributed by atoms with Gasteiger partial charge in [0.15, 0.2) is 11.6 Å². The molecule has 1 atom stereocenters. The van der Waals surface area contributed by atoms with E-state index in [0.717, 1.165) is 11.8 Å². The first-order chi connectivity index (χ1) is 18.3. The number of hydrogen-bond donors (Lipinski definition) is 2. The Morgan fingerprint density at radius 2 is 1.79 bits per heavy atom. The van der Waals surface area contributed by atoms with Crippen molar-refractivity contribution in [2.75, 3.05) is 43.1 Å². The van der Waals surface area contributed by atoms with Crippen LogP contribution in [-0.4, -0.2) is 60.8 Å². The summed E-state index contributed by atoms with van der Waals surface area (Å²) in [6.45, 7) is 6.51. The number of aryl methyl sites for hydroxylation is 2. The van der Waals surface area contributed by atoms with E-state index in [1.807, 2.05) is 6.92 Å². The van der Waals surface area contributed by atoms with E-state index in [1.165, 1.54) is 22.8 Å². The van der Waals surface area contributed by atoms with E-state index >= 15 is 4.39 Å². The molecule has 1 aliphatic heterocycles. The number of nitrogens with zero attached hydrogens (tertiary/aromatic N) is 4. The molecule has 0 unspecified atom stereocenters. The maximum absolute atomic E-state index is 15.1. The Morgan fingerprint density at radius 3 is 2.41 bits per heavy atom. The zero-order valence-electron chi connectivity index (χ0n) is 21.9. The third-order valence-electron chi connectivity index (χ3n) is 6.63. The minimum Gasteiger partial charge on any atom is -0.486 e. The highest BCUT2D eigenvalue weighted by Crippen LogP contribution is 2.36. The number of anilines is 2. The van der Waals surface area contributed by atoms with Crippen LogP contribution in [0.5, 0.6) is 5.75 Å². The van der Waals surface area contributed by atoms with Gasteiger partial charge in [0.1, 0.15) is 11.9 Å². The molecule has 1 fully saturated rings. The molecule has 1 aliphatic rings. The normalized spacial score (nSPS) is 15.3. The number of hydrogen-bond acceptors (Lipinski definition) is 8. The van der Waals surface area contributed by atoms with Crippen molar-refractivity contribution in [1.82, 2.24) is 14.3 Å². The zero-order chi connectivity index (χ0) is 28.6. The number of nitrogens with one attached hydrogen (secondary N) is 1. The van der Waals surface area contributed by atoms with Crippen molar-refractivity contribution in [3.05, 3.63) is 74.4 Å². The smallest absolute Gasteiger partial charge is 0.211 e. The number of piperazine rings is 1. The number of benzene rings is 1. The van der Waals surface area contributed by atoms with Gasteiger partial charge in [-0.25, -0.2) is 17.8 Å². The second-order valence-electron chi connectivity index (χ2n) is 9.44. The Labute approximate surface area is 237 Å². The van der Waals surface area contributed by atoms with Crippen LogP contribution in [0.2, 0.25) is 10.0 Å². The molecule has 13 heteroatoms. The van der Waals surface area contributed by atoms with E-state index in [2.05, 4.69) is 9.97 Å². The number of aromatic nitrogens is 2. The fourth-order valence-corrected chi connectivity index (χ4v) is 5.92. The molecule has 3 heterocycles. The molecule has 0 radical (unpaired) electrons. The highest BCUT2D eigenvalue weighted by Gasteiger charge is 2.26. The Kier molecular flexibility index (Phi) is 8.36. The number of halogens is 3. The number of sulfonamides is 1. The molecule has 0 aliphatic carbocycles. The molecule has 1 aromatic carbocycles. The fourth-order valence-electron chi connectivity index (χ4n) is 4.44. The van der Waals surface area contributed by atoms with Crippen LogP contribution in [0.3, 0.4) is 0 Å². The number of nitrogens with two attached hydrogens (primary N) is 1. The lowest BCUT2D eigenvalue weighted by Crippen LogP contribution is -2.48. The van der Waals surface area contributed by atoms with Crippen LogP contribution in [0.4, 0.5) is 15.9 Å². The monoisotopic (exact) mass is 594 g/mol. The Hall–Kier alpha value is -2.99. The number of ether oxygens (including phenoxy) is 1. The molecule has 3 aromatic rings. The first-order valence-electron chi connectivity index (χ1n) is 12.1. The molecule has 4 rings (SSSR count). The van der Waals surface area contributed by atoms with E-state index in [0.29, 0.717) is 51.4 Å². The molecule has 2 aromatic heterocycles. The molecule has 0 spiro atoms. The van der Waals surface area contributed by atoms with E-state index in [4.69, 9.17) is 39.1 Å². The Balaban J connectivity index is 1.57. The first-order valence-corrected chi connectivity index (χ1v) is 14.7. The van der Waals surface area contributed by atoms with Gasteiger partial charge in [-0.05, 0) is 44.5 Å². The summed E-state index contributed by atoms with van der Waals surface area (Å²) in [7, 11) is -3.30. The number of nitrogen functional groups attached to an aromatic ring is 1. The number of rotatable bonds is 7. The zero-order valence-corrected chi connectivity index (χ0v) is 24.3. The standard InChI is InChI=1S/C26H29Cl2FN6O3S/c1-14-9-21(30)18(11-22(14)38-16(3)23-19(27)13-32-15(2)24(23)28)25(31)17-10-20(29)26(33-12-17)34-5-7-35(8-6-34)39(4,36)37/h9-13,16,31H,5-8,30H2,1-4H3/t16-/m1/s1. The van der Waals surface area contributed by atoms with Gasteiger partial charge in [0, 0.05) is 61.0 Å². The van der Waals surface area contributed by atoms with Gasteiger partial charge in [0.05, 0.1) is 27.7 Å². The maximum Gasteiger partial charge on any atom is 0.211 e. The lowest BCUT2D eigenvalue weighted by atomic mass is 9.99.